The van der Waals surface area contributed by atoms with Crippen molar-refractivity contribution in [3.05, 3.63) is 87.7 Å². The molecule has 0 bridgehead atoms. The maximum atomic E-state index is 11.9. The van der Waals surface area contributed by atoms with Crippen LogP contribution >= 0.6 is 0 Å². The van der Waals surface area contributed by atoms with E-state index in [4.69, 9.17) is 0 Å². The van der Waals surface area contributed by atoms with Gasteiger partial charge < -0.3 is 10.1 Å². The van der Waals surface area contributed by atoms with Crippen LogP contribution < -0.4 is 5.32 Å². The van der Waals surface area contributed by atoms with E-state index in [0.29, 0.717) is 11.1 Å². The third-order valence-electron chi connectivity index (χ3n) is 2.58. The van der Waals surface area contributed by atoms with Crippen molar-refractivity contribution in [2.24, 2.45) is 0 Å². The van der Waals surface area contributed by atoms with Crippen molar-refractivity contribution < 1.29 is 9.72 Å². The van der Waals surface area contributed by atoms with Crippen LogP contribution in [0.5, 0.6) is 0 Å². The van der Waals surface area contributed by atoms with Gasteiger partial charge in [0.25, 0.3) is 0 Å². The van der Waals surface area contributed by atoms with Gasteiger partial charge in [-0.25, -0.2) is 10.1 Å². The van der Waals surface area contributed by atoms with Crippen LogP contribution in [-0.4, -0.2) is 10.8 Å². The lowest BCUT2D eigenvalue weighted by molar-refractivity contribution is -0.428. The van der Waals surface area contributed by atoms with Crippen LogP contribution in [0.15, 0.2) is 66.5 Å². The lowest BCUT2D eigenvalue weighted by Crippen LogP contribution is -2.26. The molecule has 0 saturated heterocycles. The Morgan fingerprint density at radius 3 is 2.10 bits per heavy atom. The average Bonchev–Trinajstić information content (AvgIpc) is 2.48. The normalized spacial score (nSPS) is 10.9. The molecule has 0 aliphatic rings. The van der Waals surface area contributed by atoms with E-state index in [1.54, 1.807) is 54.6 Å². The van der Waals surface area contributed by atoms with Crippen molar-refractivity contribution in [1.29, 1.82) is 0 Å². The number of nitro groups is 1. The van der Waals surface area contributed by atoms with E-state index in [-0.39, 0.29) is 5.82 Å². The van der Waals surface area contributed by atoms with Gasteiger partial charge in [-0.3, -0.25) is 0 Å². The molecular weight excluding hydrogens is 256 g/mol. The highest BCUT2D eigenvalue weighted by Crippen LogP contribution is 2.07. The Bertz CT molecular complexity index is 637. The first-order valence-corrected chi connectivity index (χ1v) is 5.94. The number of hydrogen-bond acceptors (Lipinski definition) is 3. The Balaban J connectivity index is 2.21. The van der Waals surface area contributed by atoms with Crippen LogP contribution in [0.25, 0.3) is 6.08 Å². The van der Waals surface area contributed by atoms with Gasteiger partial charge in [0.15, 0.2) is 0 Å². The topological polar surface area (TPSA) is 72.2 Å². The third kappa shape index (κ3) is 3.52. The molecule has 2 rings (SSSR count). The number of benzene rings is 2. The molecule has 0 unspecified atom stereocenters. The highest BCUT2D eigenvalue weighted by atomic mass is 16.6. The van der Waals surface area contributed by atoms with Crippen LogP contribution in [0.4, 0.5) is 0 Å². The van der Waals surface area contributed by atoms with Crippen molar-refractivity contribution in [2.45, 2.75) is 0 Å². The minimum absolute atomic E-state index is 0.356. The van der Waals surface area contributed by atoms with E-state index >= 15 is 0 Å². The molecule has 0 heterocycles. The first kappa shape index (κ1) is 13.5. The fourth-order valence-electron chi connectivity index (χ4n) is 1.62. The summed E-state index contributed by atoms with van der Waals surface area (Å²) in [6.07, 6.45) is 1.32. The molecule has 100 valence electrons. The van der Waals surface area contributed by atoms with Crippen LogP contribution in [0.2, 0.25) is 0 Å². The third-order valence-corrected chi connectivity index (χ3v) is 2.58. The number of nitrogens with zero attached hydrogens (tertiary/aromatic N) is 1. The Hall–Kier alpha value is -2.95. The molecule has 1 amide bonds. The summed E-state index contributed by atoms with van der Waals surface area (Å²) in [5.41, 5.74) is 1.01. The SMILES string of the molecule is O=C(NC(=Cc1ccccc1)[N+](=O)[O-])c1ccccc1. The van der Waals surface area contributed by atoms with Crippen molar-refractivity contribution >= 4 is 12.0 Å². The number of hydrogen-bond donors (Lipinski definition) is 1. The van der Waals surface area contributed by atoms with Crippen molar-refractivity contribution in [3.8, 4) is 0 Å². The van der Waals surface area contributed by atoms with Crippen molar-refractivity contribution in [2.75, 3.05) is 0 Å². The Morgan fingerprint density at radius 2 is 1.55 bits per heavy atom. The van der Waals surface area contributed by atoms with Gasteiger partial charge in [-0.1, -0.05) is 48.5 Å². The predicted molar refractivity (Wildman–Crippen MR) is 75.3 cm³/mol. The number of amides is 1. The maximum absolute atomic E-state index is 11.9. The van der Waals surface area contributed by atoms with Gasteiger partial charge in [0.2, 0.25) is 0 Å². The number of carbonyl (C=O) groups is 1. The minimum atomic E-state index is -0.617. The van der Waals surface area contributed by atoms with E-state index in [0.717, 1.165) is 0 Å². The molecule has 0 aromatic heterocycles. The Labute approximate surface area is 115 Å². The molecule has 1 N–H and O–H groups in total. The first-order valence-electron chi connectivity index (χ1n) is 5.94. The number of rotatable bonds is 4. The molecule has 0 fully saturated rings. The van der Waals surface area contributed by atoms with E-state index in [1.165, 1.54) is 6.08 Å². The molecule has 2 aromatic carbocycles. The molecule has 2 aromatic rings. The van der Waals surface area contributed by atoms with Gasteiger partial charge in [-0.2, -0.15) is 0 Å². The molecule has 0 aliphatic heterocycles. The highest BCUT2D eigenvalue weighted by molar-refractivity contribution is 5.95. The van der Waals surface area contributed by atoms with E-state index < -0.39 is 10.8 Å². The monoisotopic (exact) mass is 268 g/mol. The molecule has 0 aliphatic carbocycles. The smallest absolute Gasteiger partial charge is 0.339 e. The minimum Gasteiger partial charge on any atom is -0.358 e. The van der Waals surface area contributed by atoms with Gasteiger partial charge in [0.05, 0.1) is 5.56 Å². The largest absolute Gasteiger partial charge is 0.358 e. The quantitative estimate of drug-likeness (QED) is 0.684. The highest BCUT2D eigenvalue weighted by Gasteiger charge is 2.16. The summed E-state index contributed by atoms with van der Waals surface area (Å²) in [4.78, 5) is 22.3. The second kappa shape index (κ2) is 6.29. The Morgan fingerprint density at radius 1 is 1.00 bits per heavy atom. The summed E-state index contributed by atoms with van der Waals surface area (Å²) < 4.78 is 0. The lowest BCUT2D eigenvalue weighted by Gasteiger charge is -2.02. The maximum Gasteiger partial charge on any atom is 0.339 e. The first-order chi connectivity index (χ1) is 9.66. The molecule has 0 atom stereocenters. The summed E-state index contributed by atoms with van der Waals surface area (Å²) in [6, 6.07) is 17.1. The van der Waals surface area contributed by atoms with Gasteiger partial charge >= 0.3 is 11.7 Å². The molecule has 0 radical (unpaired) electrons. The van der Waals surface area contributed by atoms with E-state index in [9.17, 15) is 14.9 Å². The zero-order valence-corrected chi connectivity index (χ0v) is 10.5. The van der Waals surface area contributed by atoms with Gasteiger partial charge in [-0.15, -0.1) is 0 Å². The summed E-state index contributed by atoms with van der Waals surface area (Å²) in [6.45, 7) is 0. The average molecular weight is 268 g/mol. The van der Waals surface area contributed by atoms with Gasteiger partial charge in [-0.05, 0) is 22.6 Å². The second-order valence-corrected chi connectivity index (χ2v) is 4.02. The zero-order chi connectivity index (χ0) is 14.4. The van der Waals surface area contributed by atoms with E-state index in [1.807, 2.05) is 6.07 Å². The van der Waals surface area contributed by atoms with Crippen molar-refractivity contribution in [3.63, 3.8) is 0 Å². The van der Waals surface area contributed by atoms with Crippen molar-refractivity contribution in [1.82, 2.24) is 5.32 Å². The molecule has 0 spiro atoms. The number of nitrogens with one attached hydrogen (secondary N) is 1. The van der Waals surface area contributed by atoms with Gasteiger partial charge in [0.1, 0.15) is 0 Å². The summed E-state index contributed by atoms with van der Waals surface area (Å²) in [7, 11) is 0. The summed E-state index contributed by atoms with van der Waals surface area (Å²) in [5.74, 6) is -0.866. The Kier molecular flexibility index (Phi) is 4.24. The second-order valence-electron chi connectivity index (χ2n) is 4.02. The van der Waals surface area contributed by atoms with Crippen LogP contribution in [0, 0.1) is 10.1 Å². The molecule has 5 heteroatoms. The molecule has 0 saturated carbocycles. The lowest BCUT2D eigenvalue weighted by atomic mass is 10.2. The van der Waals surface area contributed by atoms with Crippen LogP contribution in [0.3, 0.4) is 0 Å². The van der Waals surface area contributed by atoms with Crippen LogP contribution in [-0.2, 0) is 0 Å². The molecular formula is C15H12N2O3. The fourth-order valence-corrected chi connectivity index (χ4v) is 1.62. The predicted octanol–water partition coefficient (Wildman–Crippen LogP) is 2.69. The fraction of sp³-hybridized carbons (Fsp3) is 0. The summed E-state index contributed by atoms with van der Waals surface area (Å²) in [5, 5.41) is 13.3. The summed E-state index contributed by atoms with van der Waals surface area (Å²) >= 11 is 0. The zero-order valence-electron chi connectivity index (χ0n) is 10.5. The van der Waals surface area contributed by atoms with E-state index in [2.05, 4.69) is 5.32 Å². The number of carbonyl (C=O) groups excluding carboxylic acids is 1. The standard InChI is InChI=1S/C15H12N2O3/c18-15(13-9-5-2-6-10-13)16-14(17(19)20)11-12-7-3-1-4-8-12/h1-11H,(H,16,18). The molecule has 5 nitrogen and oxygen atoms in total. The van der Waals surface area contributed by atoms with Crippen LogP contribution in [0.1, 0.15) is 15.9 Å². The van der Waals surface area contributed by atoms with Gasteiger partial charge in [0, 0.05) is 6.08 Å². The molecule has 20 heavy (non-hydrogen) atoms.